The molecule has 3 nitrogen and oxygen atoms in total. The first-order valence-corrected chi connectivity index (χ1v) is 2.77. The number of aliphatic carboxylic acids is 1. The zero-order chi connectivity index (χ0) is 5.98. The van der Waals surface area contributed by atoms with Crippen LogP contribution in [0.2, 0.25) is 0 Å². The number of rotatable bonds is 1. The maximum Gasteiger partial charge on any atom is 1.00 e. The number of hydrogen-bond donors (Lipinski definition) is 2. The van der Waals surface area contributed by atoms with Gasteiger partial charge in [0.15, 0.2) is 0 Å². The molecule has 0 aromatic rings. The second-order valence-corrected chi connectivity index (χ2v) is 1.99. The van der Waals surface area contributed by atoms with Gasteiger partial charge in [0.05, 0.1) is 0 Å². The van der Waals surface area contributed by atoms with Crippen LogP contribution in [0.1, 0.15) is 14.3 Å². The van der Waals surface area contributed by atoms with Gasteiger partial charge in [0, 0.05) is 0 Å². The fraction of sp³-hybridized carbons (Fsp3) is 0.800. The van der Waals surface area contributed by atoms with Crippen molar-refractivity contribution in [3.63, 3.8) is 0 Å². The Morgan fingerprint density at radius 1 is 1.78 bits per heavy atom. The van der Waals surface area contributed by atoms with Gasteiger partial charge in [0.25, 0.3) is 0 Å². The van der Waals surface area contributed by atoms with Crippen LogP contribution in [0.25, 0.3) is 0 Å². The minimum absolute atomic E-state index is 0. The molecule has 0 unspecified atom stereocenters. The largest absolute Gasteiger partial charge is 1.00 e. The monoisotopic (exact) mass is 123 g/mol. The van der Waals surface area contributed by atoms with E-state index >= 15 is 0 Å². The van der Waals surface area contributed by atoms with Gasteiger partial charge in [0.2, 0.25) is 0 Å². The Balaban J connectivity index is 0. The molecule has 1 atom stereocenters. The van der Waals surface area contributed by atoms with Gasteiger partial charge in [-0.1, -0.05) is 0 Å². The molecule has 1 fully saturated rings. The number of carboxylic acid groups (broad SMARTS) is 1. The van der Waals surface area contributed by atoms with E-state index in [1.807, 2.05) is 0 Å². The van der Waals surface area contributed by atoms with E-state index < -0.39 is 5.97 Å². The van der Waals surface area contributed by atoms with Crippen molar-refractivity contribution >= 4 is 5.97 Å². The minimum atomic E-state index is -0.720. The van der Waals surface area contributed by atoms with Gasteiger partial charge in [0.1, 0.15) is 6.04 Å². The molecule has 1 heterocycles. The van der Waals surface area contributed by atoms with Gasteiger partial charge in [-0.3, -0.25) is 4.79 Å². The summed E-state index contributed by atoms with van der Waals surface area (Å²) in [5.41, 5.74) is 0. The number of carboxylic acids is 1. The number of hydrogen-bond acceptors (Lipinski definition) is 2. The molecular weight excluding hydrogens is 113 g/mol. The van der Waals surface area contributed by atoms with Crippen molar-refractivity contribution in [2.75, 3.05) is 6.54 Å². The van der Waals surface area contributed by atoms with Crippen LogP contribution in [-0.4, -0.2) is 23.7 Å². The summed E-state index contributed by atoms with van der Waals surface area (Å²) in [4.78, 5) is 10.1. The van der Waals surface area contributed by atoms with E-state index in [-0.39, 0.29) is 26.3 Å². The van der Waals surface area contributed by atoms with Crippen molar-refractivity contribution in [2.24, 2.45) is 0 Å². The molecule has 1 rings (SSSR count). The predicted molar refractivity (Wildman–Crippen MR) is 29.8 cm³/mol. The summed E-state index contributed by atoms with van der Waals surface area (Å²) in [6, 6.07) is -0.269. The standard InChI is InChI=1S/C5H9NO2.Li.H/c7-5(8)4-2-1-3-6-4;;/h4,6H,1-3H2,(H,7,8);;/q;+1;-1/t4-;;/m1../s1. The Morgan fingerprint density at radius 2 is 2.44 bits per heavy atom. The first-order chi connectivity index (χ1) is 3.80. The molecule has 1 aliphatic heterocycles. The smallest absolute Gasteiger partial charge is 1.00 e. The zero-order valence-corrected chi connectivity index (χ0v) is 5.55. The van der Waals surface area contributed by atoms with Crippen LogP contribution >= 0.6 is 0 Å². The third-order valence-electron chi connectivity index (χ3n) is 1.36. The summed E-state index contributed by atoms with van der Waals surface area (Å²) in [5.74, 6) is -0.720. The molecular formula is C5H10LiNO2. The first-order valence-electron chi connectivity index (χ1n) is 2.77. The van der Waals surface area contributed by atoms with Crippen molar-refractivity contribution in [1.29, 1.82) is 0 Å². The summed E-state index contributed by atoms with van der Waals surface area (Å²) < 4.78 is 0. The van der Waals surface area contributed by atoms with E-state index in [1.165, 1.54) is 0 Å². The Kier molecular flexibility index (Phi) is 3.95. The second kappa shape index (κ2) is 3.94. The Morgan fingerprint density at radius 3 is 2.67 bits per heavy atom. The molecule has 1 saturated heterocycles. The number of nitrogens with one attached hydrogen (secondary N) is 1. The molecule has 0 aromatic heterocycles. The van der Waals surface area contributed by atoms with Gasteiger partial charge >= 0.3 is 24.8 Å². The summed E-state index contributed by atoms with van der Waals surface area (Å²) in [7, 11) is 0. The topological polar surface area (TPSA) is 49.3 Å². The van der Waals surface area contributed by atoms with E-state index in [4.69, 9.17) is 5.11 Å². The van der Waals surface area contributed by atoms with Crippen molar-refractivity contribution in [3.05, 3.63) is 0 Å². The molecule has 0 spiro atoms. The summed E-state index contributed by atoms with van der Waals surface area (Å²) >= 11 is 0. The molecule has 0 saturated carbocycles. The van der Waals surface area contributed by atoms with Gasteiger partial charge in [-0.2, -0.15) is 0 Å². The molecule has 0 radical (unpaired) electrons. The van der Waals surface area contributed by atoms with Gasteiger partial charge in [-0.05, 0) is 19.4 Å². The van der Waals surface area contributed by atoms with Gasteiger partial charge < -0.3 is 11.8 Å². The van der Waals surface area contributed by atoms with Crippen LogP contribution in [-0.2, 0) is 4.79 Å². The summed E-state index contributed by atoms with van der Waals surface area (Å²) in [6.07, 6.45) is 1.78. The molecule has 0 bridgehead atoms. The molecule has 2 N–H and O–H groups in total. The molecule has 0 aromatic carbocycles. The van der Waals surface area contributed by atoms with Crippen molar-refractivity contribution in [3.8, 4) is 0 Å². The molecule has 0 amide bonds. The van der Waals surface area contributed by atoms with Crippen LogP contribution in [0.15, 0.2) is 0 Å². The summed E-state index contributed by atoms with van der Waals surface area (Å²) in [6.45, 7) is 0.858. The van der Waals surface area contributed by atoms with E-state index in [2.05, 4.69) is 5.32 Å². The van der Waals surface area contributed by atoms with Crippen molar-refractivity contribution < 1.29 is 30.2 Å². The minimum Gasteiger partial charge on any atom is -1.00 e. The van der Waals surface area contributed by atoms with E-state index in [0.29, 0.717) is 0 Å². The fourth-order valence-corrected chi connectivity index (χ4v) is 0.895. The summed E-state index contributed by atoms with van der Waals surface area (Å²) in [5, 5.41) is 11.2. The third kappa shape index (κ3) is 2.40. The zero-order valence-electron chi connectivity index (χ0n) is 6.55. The average Bonchev–Trinajstić information content (AvgIpc) is 2.12. The quantitative estimate of drug-likeness (QED) is 0.364. The molecule has 9 heavy (non-hydrogen) atoms. The van der Waals surface area contributed by atoms with Gasteiger partial charge in [-0.15, -0.1) is 0 Å². The van der Waals surface area contributed by atoms with E-state index in [9.17, 15) is 4.79 Å². The molecule has 48 valence electrons. The SMILES string of the molecule is O=C(O)[C@H]1CCCN1.[H-].[Li+]. The number of carbonyl (C=O) groups is 1. The van der Waals surface area contributed by atoms with Crippen LogP contribution in [0, 0.1) is 0 Å². The Hall–Kier alpha value is 0.0274. The fourth-order valence-electron chi connectivity index (χ4n) is 0.895. The van der Waals surface area contributed by atoms with E-state index in [0.717, 1.165) is 19.4 Å². The predicted octanol–water partition coefficient (Wildman–Crippen LogP) is -3.06. The van der Waals surface area contributed by atoms with E-state index in [1.54, 1.807) is 0 Å². The third-order valence-corrected chi connectivity index (χ3v) is 1.36. The van der Waals surface area contributed by atoms with Crippen LogP contribution in [0.5, 0.6) is 0 Å². The van der Waals surface area contributed by atoms with Crippen LogP contribution in [0.3, 0.4) is 0 Å². The average molecular weight is 123 g/mol. The van der Waals surface area contributed by atoms with Crippen molar-refractivity contribution in [1.82, 2.24) is 5.32 Å². The van der Waals surface area contributed by atoms with Crippen molar-refractivity contribution in [2.45, 2.75) is 18.9 Å². The van der Waals surface area contributed by atoms with Crippen LogP contribution < -0.4 is 24.2 Å². The molecule has 0 aliphatic carbocycles. The Labute approximate surface area is 67.5 Å². The normalized spacial score (nSPS) is 25.1. The molecule has 4 heteroatoms. The van der Waals surface area contributed by atoms with Gasteiger partial charge in [-0.25, -0.2) is 0 Å². The van der Waals surface area contributed by atoms with Crippen LogP contribution in [0.4, 0.5) is 0 Å². The Bertz CT molecular complexity index is 106. The first kappa shape index (κ1) is 9.03. The maximum atomic E-state index is 10.1. The second-order valence-electron chi connectivity index (χ2n) is 1.99. The maximum absolute atomic E-state index is 10.1. The molecule has 1 aliphatic rings.